The van der Waals surface area contributed by atoms with Crippen molar-refractivity contribution in [2.45, 2.75) is 19.9 Å². The summed E-state index contributed by atoms with van der Waals surface area (Å²) in [4.78, 5) is 2.51. The van der Waals surface area contributed by atoms with Crippen LogP contribution in [0.15, 0.2) is 34.9 Å². The minimum absolute atomic E-state index is 0.631. The fourth-order valence-corrected chi connectivity index (χ4v) is 3.07. The van der Waals surface area contributed by atoms with Crippen molar-refractivity contribution in [2.75, 3.05) is 19.6 Å². The first-order valence-electron chi connectivity index (χ1n) is 7.15. The molecule has 2 aromatic rings. The zero-order valence-corrected chi connectivity index (χ0v) is 11.5. The number of para-hydroxylation sites is 1. The predicted octanol–water partition coefficient (Wildman–Crippen LogP) is 2.85. The zero-order chi connectivity index (χ0) is 13.2. The molecule has 2 unspecified atom stereocenters. The third kappa shape index (κ3) is 2.53. The van der Waals surface area contributed by atoms with Crippen LogP contribution in [0.3, 0.4) is 0 Å². The Morgan fingerprint density at radius 1 is 1.37 bits per heavy atom. The molecule has 3 nitrogen and oxygen atoms in total. The molecule has 0 bridgehead atoms. The maximum absolute atomic E-state index is 5.87. The lowest BCUT2D eigenvalue weighted by atomic mass is 9.87. The summed E-state index contributed by atoms with van der Waals surface area (Å²) in [6.45, 7) is 6.36. The van der Waals surface area contributed by atoms with Gasteiger partial charge in [0.05, 0.1) is 6.26 Å². The van der Waals surface area contributed by atoms with Gasteiger partial charge in [-0.05, 0) is 37.4 Å². The van der Waals surface area contributed by atoms with Crippen molar-refractivity contribution in [1.29, 1.82) is 0 Å². The molecule has 2 N–H and O–H groups in total. The molecule has 2 heterocycles. The highest BCUT2D eigenvalue weighted by Gasteiger charge is 2.25. The van der Waals surface area contributed by atoms with Crippen LogP contribution < -0.4 is 5.73 Å². The second-order valence-corrected chi connectivity index (χ2v) is 5.75. The molecule has 1 aromatic heterocycles. The average molecular weight is 258 g/mol. The lowest BCUT2D eigenvalue weighted by Gasteiger charge is -2.36. The van der Waals surface area contributed by atoms with E-state index < -0.39 is 0 Å². The van der Waals surface area contributed by atoms with E-state index in [-0.39, 0.29) is 0 Å². The van der Waals surface area contributed by atoms with Gasteiger partial charge in [0.1, 0.15) is 5.58 Å². The molecule has 1 aliphatic heterocycles. The Morgan fingerprint density at radius 3 is 3.05 bits per heavy atom. The van der Waals surface area contributed by atoms with Crippen LogP contribution in [0.4, 0.5) is 0 Å². The summed E-state index contributed by atoms with van der Waals surface area (Å²) in [5.41, 5.74) is 8.15. The minimum atomic E-state index is 0.631. The topological polar surface area (TPSA) is 42.4 Å². The maximum Gasteiger partial charge on any atom is 0.134 e. The van der Waals surface area contributed by atoms with Gasteiger partial charge in [-0.2, -0.15) is 0 Å². The first kappa shape index (κ1) is 12.7. The van der Waals surface area contributed by atoms with E-state index in [1.807, 2.05) is 18.4 Å². The van der Waals surface area contributed by atoms with Crippen LogP contribution in [0.5, 0.6) is 0 Å². The monoisotopic (exact) mass is 258 g/mol. The van der Waals surface area contributed by atoms with E-state index in [4.69, 9.17) is 10.2 Å². The van der Waals surface area contributed by atoms with Crippen molar-refractivity contribution >= 4 is 11.0 Å². The number of fused-ring (bicyclic) bond motifs is 1. The van der Waals surface area contributed by atoms with Crippen LogP contribution in [-0.2, 0) is 6.54 Å². The summed E-state index contributed by atoms with van der Waals surface area (Å²) in [6.07, 6.45) is 3.15. The van der Waals surface area contributed by atoms with Crippen LogP contribution in [0.25, 0.3) is 11.0 Å². The van der Waals surface area contributed by atoms with Crippen LogP contribution in [0, 0.1) is 11.8 Å². The molecule has 0 radical (unpaired) electrons. The largest absolute Gasteiger partial charge is 0.464 e. The van der Waals surface area contributed by atoms with Crippen molar-refractivity contribution < 1.29 is 4.42 Å². The van der Waals surface area contributed by atoms with Gasteiger partial charge in [0.2, 0.25) is 0 Å². The van der Waals surface area contributed by atoms with Crippen LogP contribution in [0.1, 0.15) is 18.9 Å². The summed E-state index contributed by atoms with van der Waals surface area (Å²) < 4.78 is 5.61. The Hall–Kier alpha value is -1.32. The molecule has 0 saturated carbocycles. The number of nitrogens with zero attached hydrogens (tertiary/aromatic N) is 1. The highest BCUT2D eigenvalue weighted by molar-refractivity contribution is 5.80. The number of hydrogen-bond acceptors (Lipinski definition) is 3. The highest BCUT2D eigenvalue weighted by atomic mass is 16.3. The van der Waals surface area contributed by atoms with Gasteiger partial charge in [0.15, 0.2) is 0 Å². The van der Waals surface area contributed by atoms with E-state index in [0.717, 1.165) is 37.7 Å². The Morgan fingerprint density at radius 2 is 2.21 bits per heavy atom. The van der Waals surface area contributed by atoms with E-state index in [2.05, 4.69) is 24.0 Å². The molecular weight excluding hydrogens is 236 g/mol. The van der Waals surface area contributed by atoms with Crippen LogP contribution in [0.2, 0.25) is 0 Å². The fraction of sp³-hybridized carbons (Fsp3) is 0.500. The summed E-state index contributed by atoms with van der Waals surface area (Å²) in [6, 6.07) is 8.26. The zero-order valence-electron chi connectivity index (χ0n) is 11.5. The van der Waals surface area contributed by atoms with Crippen molar-refractivity contribution in [3.8, 4) is 0 Å². The second kappa shape index (κ2) is 5.35. The Bertz CT molecular complexity index is 548. The molecule has 2 atom stereocenters. The van der Waals surface area contributed by atoms with Gasteiger partial charge in [0, 0.05) is 24.0 Å². The third-order valence-electron chi connectivity index (χ3n) is 4.46. The number of likely N-dealkylation sites (tertiary alicyclic amines) is 1. The van der Waals surface area contributed by atoms with Crippen LogP contribution in [-0.4, -0.2) is 24.5 Å². The Balaban J connectivity index is 1.74. The van der Waals surface area contributed by atoms with E-state index >= 15 is 0 Å². The SMILES string of the molecule is CC1CCN(Cc2coc3ccccc23)CC1CN. The number of piperidine rings is 1. The lowest BCUT2D eigenvalue weighted by molar-refractivity contribution is 0.126. The van der Waals surface area contributed by atoms with Crippen molar-refractivity contribution in [1.82, 2.24) is 4.90 Å². The number of nitrogens with two attached hydrogens (primary N) is 1. The number of furan rings is 1. The first-order valence-corrected chi connectivity index (χ1v) is 7.15. The smallest absolute Gasteiger partial charge is 0.134 e. The standard InChI is InChI=1S/C16H22N2O/c1-12-6-7-18(9-13(12)8-17)10-14-11-19-16-5-3-2-4-15(14)16/h2-5,11-13H,6-10,17H2,1H3. The normalized spacial score (nSPS) is 24.9. The van der Waals surface area contributed by atoms with Crippen molar-refractivity contribution in [3.63, 3.8) is 0 Å². The van der Waals surface area contributed by atoms with Gasteiger partial charge in [-0.1, -0.05) is 25.1 Å². The number of rotatable bonds is 3. The van der Waals surface area contributed by atoms with Gasteiger partial charge in [-0.15, -0.1) is 0 Å². The summed E-state index contributed by atoms with van der Waals surface area (Å²) >= 11 is 0. The predicted molar refractivity (Wildman–Crippen MR) is 77.8 cm³/mol. The van der Waals surface area contributed by atoms with Gasteiger partial charge in [-0.3, -0.25) is 4.90 Å². The molecule has 0 aliphatic carbocycles. The van der Waals surface area contributed by atoms with E-state index in [0.29, 0.717) is 5.92 Å². The molecule has 102 valence electrons. The minimum Gasteiger partial charge on any atom is -0.464 e. The molecule has 19 heavy (non-hydrogen) atoms. The van der Waals surface area contributed by atoms with Crippen molar-refractivity contribution in [3.05, 3.63) is 36.1 Å². The molecular formula is C16H22N2O. The second-order valence-electron chi connectivity index (χ2n) is 5.75. The average Bonchev–Trinajstić information content (AvgIpc) is 2.84. The van der Waals surface area contributed by atoms with E-state index in [9.17, 15) is 0 Å². The fourth-order valence-electron chi connectivity index (χ4n) is 3.07. The summed E-state index contributed by atoms with van der Waals surface area (Å²) in [7, 11) is 0. The van der Waals surface area contributed by atoms with Crippen molar-refractivity contribution in [2.24, 2.45) is 17.6 Å². The molecule has 1 fully saturated rings. The maximum atomic E-state index is 5.87. The Labute approximate surface area is 114 Å². The van der Waals surface area contributed by atoms with Gasteiger partial charge >= 0.3 is 0 Å². The number of benzene rings is 1. The molecule has 1 aromatic carbocycles. The van der Waals surface area contributed by atoms with Crippen LogP contribution >= 0.6 is 0 Å². The number of hydrogen-bond donors (Lipinski definition) is 1. The molecule has 3 rings (SSSR count). The molecule has 3 heteroatoms. The van der Waals surface area contributed by atoms with Gasteiger partial charge in [0.25, 0.3) is 0 Å². The molecule has 1 saturated heterocycles. The summed E-state index contributed by atoms with van der Waals surface area (Å²) in [5, 5.41) is 1.24. The molecule has 0 amide bonds. The highest BCUT2D eigenvalue weighted by Crippen LogP contribution is 2.26. The van der Waals surface area contributed by atoms with E-state index in [1.165, 1.54) is 17.4 Å². The third-order valence-corrected chi connectivity index (χ3v) is 4.46. The molecule has 0 spiro atoms. The van der Waals surface area contributed by atoms with E-state index in [1.54, 1.807) is 0 Å². The summed E-state index contributed by atoms with van der Waals surface area (Å²) in [5.74, 6) is 1.38. The van der Waals surface area contributed by atoms with Gasteiger partial charge in [-0.25, -0.2) is 0 Å². The Kier molecular flexibility index (Phi) is 3.58. The first-order chi connectivity index (χ1) is 9.28. The molecule has 1 aliphatic rings. The quantitative estimate of drug-likeness (QED) is 0.920. The lowest BCUT2D eigenvalue weighted by Crippen LogP contribution is -2.42. The van der Waals surface area contributed by atoms with Gasteiger partial charge < -0.3 is 10.2 Å².